The van der Waals surface area contributed by atoms with E-state index in [4.69, 9.17) is 9.97 Å². The highest BCUT2D eigenvalue weighted by molar-refractivity contribution is 7.99. The zero-order chi connectivity index (χ0) is 37.1. The Kier molecular flexibility index (Phi) is 7.64. The summed E-state index contributed by atoms with van der Waals surface area (Å²) in [6.45, 7) is 0. The summed E-state index contributed by atoms with van der Waals surface area (Å²) in [4.78, 5) is 17.6. The highest BCUT2D eigenvalue weighted by atomic mass is 32.2. The van der Waals surface area contributed by atoms with Gasteiger partial charge in [-0.2, -0.15) is 0 Å². The SMILES string of the molecule is c1ccc(-c2cccc(-c3nc(-c4ccc5c(c4)C(c4ccc6ccccc6c4)(c4ccc6ccccc6c4)c4ccccc4S5)c4ccccc4n3)c2)nc1. The zero-order valence-electron chi connectivity index (χ0n) is 30.3. The van der Waals surface area contributed by atoms with Gasteiger partial charge in [-0.05, 0) is 98.4 Å². The Morgan fingerprint density at radius 3 is 1.84 bits per heavy atom. The number of fused-ring (bicyclic) bond motifs is 5. The van der Waals surface area contributed by atoms with E-state index in [0.717, 1.165) is 39.0 Å². The van der Waals surface area contributed by atoms with Gasteiger partial charge in [0, 0.05) is 38.1 Å². The average Bonchev–Trinajstić information content (AvgIpc) is 3.27. The fraction of sp³-hybridized carbons (Fsp3) is 0.0192. The predicted molar refractivity (Wildman–Crippen MR) is 231 cm³/mol. The van der Waals surface area contributed by atoms with Crippen molar-refractivity contribution in [1.82, 2.24) is 15.0 Å². The molecule has 0 amide bonds. The van der Waals surface area contributed by atoms with Crippen molar-refractivity contribution in [3.05, 3.63) is 223 Å². The smallest absolute Gasteiger partial charge is 0.160 e. The molecule has 0 unspecified atom stereocenters. The standard InChI is InChI=1S/C52H33N3S/c1-3-14-36-31-41(26-23-34(36)12-1)52(42-27-24-35-13-2-4-15-37(35)32-42)44-19-6-8-22-48(44)56-49-28-25-39(33-45(49)52)50-43-18-5-7-21-47(43)54-51(55-50)40-17-11-16-38(30-40)46-20-9-10-29-53-46/h1-33H. The predicted octanol–water partition coefficient (Wildman–Crippen LogP) is 13.2. The molecule has 8 aromatic carbocycles. The van der Waals surface area contributed by atoms with Crippen molar-refractivity contribution in [2.45, 2.75) is 15.2 Å². The third-order valence-corrected chi connectivity index (χ3v) is 12.4. The van der Waals surface area contributed by atoms with E-state index in [1.807, 2.05) is 36.2 Å². The van der Waals surface area contributed by atoms with Crippen LogP contribution in [-0.2, 0) is 5.41 Å². The van der Waals surface area contributed by atoms with Gasteiger partial charge in [-0.1, -0.05) is 151 Å². The zero-order valence-corrected chi connectivity index (χ0v) is 31.1. The van der Waals surface area contributed by atoms with E-state index < -0.39 is 5.41 Å². The summed E-state index contributed by atoms with van der Waals surface area (Å²) in [5.41, 5.74) is 10.1. The molecule has 2 aromatic heterocycles. The van der Waals surface area contributed by atoms with Crippen LogP contribution in [0.15, 0.2) is 210 Å². The number of hydrogen-bond acceptors (Lipinski definition) is 4. The molecule has 11 rings (SSSR count). The van der Waals surface area contributed by atoms with Crippen LogP contribution in [0.25, 0.3) is 66.4 Å². The quantitative estimate of drug-likeness (QED) is 0.177. The van der Waals surface area contributed by atoms with Crippen molar-refractivity contribution >= 4 is 44.2 Å². The van der Waals surface area contributed by atoms with Gasteiger partial charge in [-0.15, -0.1) is 0 Å². The monoisotopic (exact) mass is 731 g/mol. The Morgan fingerprint density at radius 1 is 0.411 bits per heavy atom. The fourth-order valence-corrected chi connectivity index (χ4v) is 9.77. The van der Waals surface area contributed by atoms with Gasteiger partial charge in [0.25, 0.3) is 0 Å². The van der Waals surface area contributed by atoms with Gasteiger partial charge >= 0.3 is 0 Å². The number of nitrogens with zero attached hydrogens (tertiary/aromatic N) is 3. The summed E-state index contributed by atoms with van der Waals surface area (Å²) in [5.74, 6) is 0.684. The molecule has 0 saturated heterocycles. The average molecular weight is 732 g/mol. The van der Waals surface area contributed by atoms with Gasteiger partial charge in [-0.3, -0.25) is 4.98 Å². The van der Waals surface area contributed by atoms with Crippen LogP contribution in [0.5, 0.6) is 0 Å². The van der Waals surface area contributed by atoms with Crippen molar-refractivity contribution in [3.8, 4) is 33.9 Å². The largest absolute Gasteiger partial charge is 0.256 e. The first kappa shape index (κ1) is 32.5. The van der Waals surface area contributed by atoms with Crippen molar-refractivity contribution in [1.29, 1.82) is 0 Å². The molecule has 1 aliphatic heterocycles. The maximum atomic E-state index is 5.41. The first-order chi connectivity index (χ1) is 27.7. The Hall–Kier alpha value is -6.88. The second kappa shape index (κ2) is 13.2. The van der Waals surface area contributed by atoms with E-state index in [9.17, 15) is 0 Å². The van der Waals surface area contributed by atoms with Crippen molar-refractivity contribution < 1.29 is 0 Å². The van der Waals surface area contributed by atoms with Gasteiger partial charge < -0.3 is 0 Å². The molecule has 0 spiro atoms. The molecule has 0 radical (unpaired) electrons. The first-order valence-corrected chi connectivity index (χ1v) is 19.7. The lowest BCUT2D eigenvalue weighted by atomic mass is 9.64. The molecule has 262 valence electrons. The van der Waals surface area contributed by atoms with Gasteiger partial charge in [0.1, 0.15) is 0 Å². The molecule has 4 heteroatoms. The van der Waals surface area contributed by atoms with Crippen LogP contribution in [0.2, 0.25) is 0 Å². The maximum absolute atomic E-state index is 5.41. The normalized spacial score (nSPS) is 13.1. The van der Waals surface area contributed by atoms with E-state index in [2.05, 4.69) is 181 Å². The number of rotatable bonds is 5. The van der Waals surface area contributed by atoms with Crippen LogP contribution in [0, 0.1) is 0 Å². The highest BCUT2D eigenvalue weighted by Gasteiger charge is 2.44. The Morgan fingerprint density at radius 2 is 1.07 bits per heavy atom. The van der Waals surface area contributed by atoms with Crippen LogP contribution in [0.1, 0.15) is 22.3 Å². The van der Waals surface area contributed by atoms with Gasteiger partial charge in [0.15, 0.2) is 5.82 Å². The molecule has 10 aromatic rings. The van der Waals surface area contributed by atoms with Crippen LogP contribution in [0.3, 0.4) is 0 Å². The van der Waals surface area contributed by atoms with Crippen molar-refractivity contribution in [2.75, 3.05) is 0 Å². The fourth-order valence-electron chi connectivity index (χ4n) is 8.60. The number of pyridine rings is 1. The summed E-state index contributed by atoms with van der Waals surface area (Å²) < 4.78 is 0. The summed E-state index contributed by atoms with van der Waals surface area (Å²) >= 11 is 1.85. The summed E-state index contributed by atoms with van der Waals surface area (Å²) in [6.07, 6.45) is 1.83. The lowest BCUT2D eigenvalue weighted by Gasteiger charge is -2.42. The third kappa shape index (κ3) is 5.25. The lowest BCUT2D eigenvalue weighted by molar-refractivity contribution is 0.705. The lowest BCUT2D eigenvalue weighted by Crippen LogP contribution is -2.34. The molecule has 0 saturated carbocycles. The minimum Gasteiger partial charge on any atom is -0.256 e. The molecule has 0 bridgehead atoms. The summed E-state index contributed by atoms with van der Waals surface area (Å²) in [6, 6.07) is 70.0. The molecule has 3 heterocycles. The van der Waals surface area contributed by atoms with Crippen LogP contribution >= 0.6 is 11.8 Å². The number of para-hydroxylation sites is 1. The molecular formula is C52H33N3S. The molecule has 1 aliphatic rings. The van der Waals surface area contributed by atoms with E-state index in [1.165, 1.54) is 53.6 Å². The number of hydrogen-bond donors (Lipinski definition) is 0. The molecule has 3 nitrogen and oxygen atoms in total. The number of aromatic nitrogens is 3. The summed E-state index contributed by atoms with van der Waals surface area (Å²) in [5, 5.41) is 5.91. The van der Waals surface area contributed by atoms with Crippen LogP contribution < -0.4 is 0 Å². The number of benzene rings is 8. The van der Waals surface area contributed by atoms with Crippen molar-refractivity contribution in [3.63, 3.8) is 0 Å². The van der Waals surface area contributed by atoms with E-state index in [0.29, 0.717) is 5.82 Å². The Labute approximate surface area is 329 Å². The van der Waals surface area contributed by atoms with Crippen LogP contribution in [-0.4, -0.2) is 15.0 Å². The molecule has 0 N–H and O–H groups in total. The first-order valence-electron chi connectivity index (χ1n) is 18.9. The minimum absolute atomic E-state index is 0.621. The topological polar surface area (TPSA) is 38.7 Å². The molecule has 0 atom stereocenters. The van der Waals surface area contributed by atoms with Gasteiger partial charge in [0.2, 0.25) is 0 Å². The highest BCUT2D eigenvalue weighted by Crippen LogP contribution is 2.57. The van der Waals surface area contributed by atoms with Crippen molar-refractivity contribution in [2.24, 2.45) is 0 Å². The molecular weight excluding hydrogens is 699 g/mol. The molecule has 56 heavy (non-hydrogen) atoms. The Bertz CT molecular complexity index is 3060. The second-order valence-corrected chi connectivity index (χ2v) is 15.5. The maximum Gasteiger partial charge on any atom is 0.160 e. The Balaban J connectivity index is 1.19. The van der Waals surface area contributed by atoms with E-state index in [1.54, 1.807) is 0 Å². The minimum atomic E-state index is -0.621. The van der Waals surface area contributed by atoms with Gasteiger partial charge in [-0.25, -0.2) is 9.97 Å². The van der Waals surface area contributed by atoms with E-state index >= 15 is 0 Å². The van der Waals surface area contributed by atoms with Gasteiger partial charge in [0.05, 0.1) is 22.3 Å². The molecule has 0 aliphatic carbocycles. The third-order valence-electron chi connectivity index (χ3n) is 11.2. The second-order valence-electron chi connectivity index (χ2n) is 14.4. The summed E-state index contributed by atoms with van der Waals surface area (Å²) in [7, 11) is 0. The van der Waals surface area contributed by atoms with Crippen LogP contribution in [0.4, 0.5) is 0 Å². The van der Waals surface area contributed by atoms with E-state index in [-0.39, 0.29) is 0 Å². The molecule has 0 fully saturated rings.